The molecule has 0 heterocycles. The zero-order valence-corrected chi connectivity index (χ0v) is 14.5. The van der Waals surface area contributed by atoms with Crippen LogP contribution in [0.25, 0.3) is 10.8 Å². The van der Waals surface area contributed by atoms with Gasteiger partial charge in [-0.3, -0.25) is 0 Å². The molecule has 0 amide bonds. The van der Waals surface area contributed by atoms with Crippen molar-refractivity contribution in [2.45, 2.75) is 26.2 Å². The fourth-order valence-corrected chi connectivity index (χ4v) is 2.97. The lowest BCUT2D eigenvalue weighted by molar-refractivity contribution is 0.327. The predicted octanol–water partition coefficient (Wildman–Crippen LogP) is 5.84. The molecule has 0 aliphatic carbocycles. The van der Waals surface area contributed by atoms with Gasteiger partial charge in [-0.15, -0.1) is 0 Å². The SMILES string of the molecule is CCC(C)c1ccccc1OCCNc1cccc2ccccc12. The number of para-hydroxylation sites is 1. The molecule has 24 heavy (non-hydrogen) atoms. The van der Waals surface area contributed by atoms with Gasteiger partial charge in [-0.1, -0.05) is 68.4 Å². The number of nitrogens with one attached hydrogen (secondary N) is 1. The fourth-order valence-electron chi connectivity index (χ4n) is 2.97. The molecule has 3 aromatic carbocycles. The van der Waals surface area contributed by atoms with Crippen LogP contribution in [0.3, 0.4) is 0 Å². The first-order chi connectivity index (χ1) is 11.8. The summed E-state index contributed by atoms with van der Waals surface area (Å²) in [4.78, 5) is 0. The Bertz CT molecular complexity index is 791. The van der Waals surface area contributed by atoms with E-state index in [0.29, 0.717) is 12.5 Å². The van der Waals surface area contributed by atoms with E-state index in [-0.39, 0.29) is 0 Å². The third-order valence-corrected chi connectivity index (χ3v) is 4.53. The van der Waals surface area contributed by atoms with Crippen LogP contribution in [0, 0.1) is 0 Å². The molecule has 0 aromatic heterocycles. The van der Waals surface area contributed by atoms with Gasteiger partial charge in [0.15, 0.2) is 0 Å². The second kappa shape index (κ2) is 7.87. The van der Waals surface area contributed by atoms with Crippen molar-refractivity contribution in [2.75, 3.05) is 18.5 Å². The number of hydrogen-bond donors (Lipinski definition) is 1. The van der Waals surface area contributed by atoms with Crippen molar-refractivity contribution >= 4 is 16.5 Å². The van der Waals surface area contributed by atoms with Gasteiger partial charge >= 0.3 is 0 Å². The van der Waals surface area contributed by atoms with Crippen molar-refractivity contribution in [1.82, 2.24) is 0 Å². The van der Waals surface area contributed by atoms with Crippen LogP contribution in [0.2, 0.25) is 0 Å². The van der Waals surface area contributed by atoms with Crippen LogP contribution >= 0.6 is 0 Å². The molecular formula is C22H25NO. The van der Waals surface area contributed by atoms with Crippen LogP contribution in [0.5, 0.6) is 5.75 Å². The van der Waals surface area contributed by atoms with E-state index in [1.54, 1.807) is 0 Å². The van der Waals surface area contributed by atoms with Crippen LogP contribution in [0.15, 0.2) is 66.7 Å². The van der Waals surface area contributed by atoms with Gasteiger partial charge in [0.25, 0.3) is 0 Å². The molecule has 0 bridgehead atoms. The van der Waals surface area contributed by atoms with Gasteiger partial charge in [-0.05, 0) is 35.4 Å². The normalized spacial score (nSPS) is 12.1. The molecule has 0 fully saturated rings. The molecule has 0 aliphatic heterocycles. The topological polar surface area (TPSA) is 21.3 Å². The molecule has 0 spiro atoms. The van der Waals surface area contributed by atoms with Crippen molar-refractivity contribution in [1.29, 1.82) is 0 Å². The van der Waals surface area contributed by atoms with Crippen LogP contribution in [0.1, 0.15) is 31.7 Å². The number of fused-ring (bicyclic) bond motifs is 1. The first-order valence-electron chi connectivity index (χ1n) is 8.73. The Hall–Kier alpha value is -2.48. The molecule has 3 aromatic rings. The first-order valence-corrected chi connectivity index (χ1v) is 8.73. The lowest BCUT2D eigenvalue weighted by atomic mass is 9.98. The van der Waals surface area contributed by atoms with E-state index < -0.39 is 0 Å². The average Bonchev–Trinajstić information content (AvgIpc) is 2.65. The lowest BCUT2D eigenvalue weighted by Gasteiger charge is -2.16. The Morgan fingerprint density at radius 1 is 0.917 bits per heavy atom. The summed E-state index contributed by atoms with van der Waals surface area (Å²) in [6.07, 6.45) is 1.12. The highest BCUT2D eigenvalue weighted by molar-refractivity contribution is 5.93. The van der Waals surface area contributed by atoms with Crippen LogP contribution in [-0.2, 0) is 0 Å². The van der Waals surface area contributed by atoms with E-state index in [1.807, 2.05) is 6.07 Å². The van der Waals surface area contributed by atoms with Crippen molar-refractivity contribution < 1.29 is 4.74 Å². The van der Waals surface area contributed by atoms with Crippen LogP contribution in [0.4, 0.5) is 5.69 Å². The summed E-state index contributed by atoms with van der Waals surface area (Å²) in [5.74, 6) is 1.53. The fraction of sp³-hybridized carbons (Fsp3) is 0.273. The maximum atomic E-state index is 6.03. The molecule has 0 radical (unpaired) electrons. The molecule has 2 heteroatoms. The molecule has 1 N–H and O–H groups in total. The Morgan fingerprint density at radius 2 is 1.67 bits per heavy atom. The van der Waals surface area contributed by atoms with Gasteiger partial charge in [0.05, 0.1) is 0 Å². The van der Waals surface area contributed by atoms with E-state index in [1.165, 1.54) is 16.3 Å². The standard InChI is InChI=1S/C22H25NO/c1-3-17(2)19-11-6-7-14-22(19)24-16-15-23-21-13-8-10-18-9-4-5-12-20(18)21/h4-14,17,23H,3,15-16H2,1-2H3. The summed E-state index contributed by atoms with van der Waals surface area (Å²) in [5.41, 5.74) is 2.46. The molecular weight excluding hydrogens is 294 g/mol. The number of hydrogen-bond acceptors (Lipinski definition) is 2. The molecule has 1 atom stereocenters. The zero-order valence-electron chi connectivity index (χ0n) is 14.5. The summed E-state index contributed by atoms with van der Waals surface area (Å²) in [7, 11) is 0. The number of benzene rings is 3. The second-order valence-electron chi connectivity index (χ2n) is 6.15. The van der Waals surface area contributed by atoms with E-state index in [4.69, 9.17) is 4.74 Å². The monoisotopic (exact) mass is 319 g/mol. The van der Waals surface area contributed by atoms with E-state index in [9.17, 15) is 0 Å². The molecule has 1 unspecified atom stereocenters. The van der Waals surface area contributed by atoms with Crippen molar-refractivity contribution in [3.05, 3.63) is 72.3 Å². The molecule has 3 rings (SSSR count). The average molecular weight is 319 g/mol. The van der Waals surface area contributed by atoms with E-state index in [0.717, 1.165) is 24.4 Å². The van der Waals surface area contributed by atoms with Crippen molar-refractivity contribution in [3.8, 4) is 5.75 Å². The van der Waals surface area contributed by atoms with Crippen LogP contribution in [-0.4, -0.2) is 13.2 Å². The first kappa shape index (κ1) is 16.4. The molecule has 0 saturated heterocycles. The maximum absolute atomic E-state index is 6.03. The van der Waals surface area contributed by atoms with Gasteiger partial charge in [0.2, 0.25) is 0 Å². The van der Waals surface area contributed by atoms with Gasteiger partial charge in [0.1, 0.15) is 12.4 Å². The van der Waals surface area contributed by atoms with Crippen molar-refractivity contribution in [2.24, 2.45) is 0 Å². The maximum Gasteiger partial charge on any atom is 0.122 e. The van der Waals surface area contributed by atoms with Gasteiger partial charge in [-0.25, -0.2) is 0 Å². The summed E-state index contributed by atoms with van der Waals surface area (Å²) in [6.45, 7) is 5.89. The summed E-state index contributed by atoms with van der Waals surface area (Å²) >= 11 is 0. The largest absolute Gasteiger partial charge is 0.491 e. The third-order valence-electron chi connectivity index (χ3n) is 4.53. The highest BCUT2D eigenvalue weighted by Crippen LogP contribution is 2.28. The molecule has 0 aliphatic rings. The molecule has 124 valence electrons. The Balaban J connectivity index is 1.61. The minimum Gasteiger partial charge on any atom is -0.491 e. The smallest absolute Gasteiger partial charge is 0.122 e. The zero-order chi connectivity index (χ0) is 16.8. The Kier molecular flexibility index (Phi) is 5.37. The summed E-state index contributed by atoms with van der Waals surface area (Å²) in [5, 5.41) is 6.00. The van der Waals surface area contributed by atoms with E-state index >= 15 is 0 Å². The highest BCUT2D eigenvalue weighted by atomic mass is 16.5. The van der Waals surface area contributed by atoms with Gasteiger partial charge in [-0.2, -0.15) is 0 Å². The molecule has 0 saturated carbocycles. The minimum atomic E-state index is 0.521. The lowest BCUT2D eigenvalue weighted by Crippen LogP contribution is -2.12. The third kappa shape index (κ3) is 3.70. The number of rotatable bonds is 7. The van der Waals surface area contributed by atoms with Crippen molar-refractivity contribution in [3.63, 3.8) is 0 Å². The Morgan fingerprint density at radius 3 is 2.54 bits per heavy atom. The van der Waals surface area contributed by atoms with E-state index in [2.05, 4.69) is 79.8 Å². The second-order valence-corrected chi connectivity index (χ2v) is 6.15. The summed E-state index contributed by atoms with van der Waals surface area (Å²) in [6, 6.07) is 23.1. The quantitative estimate of drug-likeness (QED) is 0.552. The molecule has 2 nitrogen and oxygen atoms in total. The van der Waals surface area contributed by atoms with Crippen LogP contribution < -0.4 is 10.1 Å². The van der Waals surface area contributed by atoms with Gasteiger partial charge < -0.3 is 10.1 Å². The highest BCUT2D eigenvalue weighted by Gasteiger charge is 2.09. The minimum absolute atomic E-state index is 0.521. The Labute approximate surface area is 144 Å². The van der Waals surface area contributed by atoms with Gasteiger partial charge in [0, 0.05) is 17.6 Å². The number of ether oxygens (including phenoxy) is 1. The predicted molar refractivity (Wildman–Crippen MR) is 103 cm³/mol. The summed E-state index contributed by atoms with van der Waals surface area (Å²) < 4.78 is 6.03. The number of anilines is 1.